The van der Waals surface area contributed by atoms with Gasteiger partial charge >= 0.3 is 0 Å². The lowest BCUT2D eigenvalue weighted by atomic mass is 9.93. The first-order valence-corrected chi connectivity index (χ1v) is 11.6. The fraction of sp³-hybridized carbons (Fsp3) is 0.360. The molecule has 1 fully saturated rings. The maximum absolute atomic E-state index is 13.4. The molecule has 3 aromatic rings. The van der Waals surface area contributed by atoms with E-state index in [2.05, 4.69) is 17.4 Å². The summed E-state index contributed by atoms with van der Waals surface area (Å²) in [5, 5.41) is 3.89. The first kappa shape index (κ1) is 21.5. The lowest BCUT2D eigenvalue weighted by Gasteiger charge is -2.36. The van der Waals surface area contributed by atoms with Crippen molar-refractivity contribution in [3.05, 3.63) is 70.1 Å². The van der Waals surface area contributed by atoms with Crippen LogP contribution in [-0.2, 0) is 17.8 Å². The predicted octanol–water partition coefficient (Wildman–Crippen LogP) is 4.64. The van der Waals surface area contributed by atoms with Crippen molar-refractivity contribution in [1.82, 2.24) is 10.2 Å². The number of amides is 2. The van der Waals surface area contributed by atoms with Crippen LogP contribution < -0.4 is 5.32 Å². The van der Waals surface area contributed by atoms with Gasteiger partial charge in [0.2, 0.25) is 0 Å². The molecule has 0 aliphatic carbocycles. The number of carbonyl (C=O) groups is 2. The Balaban J connectivity index is 1.63. The summed E-state index contributed by atoms with van der Waals surface area (Å²) in [5.41, 5.74) is 2.81. The van der Waals surface area contributed by atoms with Crippen molar-refractivity contribution in [2.75, 3.05) is 20.7 Å². The van der Waals surface area contributed by atoms with Crippen molar-refractivity contribution >= 4 is 33.2 Å². The van der Waals surface area contributed by atoms with E-state index in [1.807, 2.05) is 41.3 Å². The minimum absolute atomic E-state index is 0.0568. The van der Waals surface area contributed by atoms with Gasteiger partial charge in [-0.2, -0.15) is 0 Å². The summed E-state index contributed by atoms with van der Waals surface area (Å²) in [7, 11) is 3.33. The molecule has 2 aromatic carbocycles. The highest BCUT2D eigenvalue weighted by atomic mass is 32.1. The zero-order chi connectivity index (χ0) is 21.8. The standard InChI is InChI=1S/C25H28N2O3S/c1-26-24(28)23-21(20-8-3-4-9-22(20)31-23)15-19-7-5-6-14-27(19)25(29)18-12-10-17(11-13-18)16-30-2/h3-4,8-13,19H,5-7,14-16H2,1-2H3,(H,26,28)/t19-/m0/s1. The molecule has 1 atom stereocenters. The normalized spacial score (nSPS) is 16.5. The van der Waals surface area contributed by atoms with Crippen LogP contribution in [0.4, 0.5) is 0 Å². The van der Waals surface area contributed by atoms with Crippen LogP contribution in [0.25, 0.3) is 10.1 Å². The Labute approximate surface area is 187 Å². The van der Waals surface area contributed by atoms with Crippen molar-refractivity contribution in [3.8, 4) is 0 Å². The van der Waals surface area contributed by atoms with Crippen LogP contribution in [0.1, 0.15) is 50.4 Å². The van der Waals surface area contributed by atoms with Crippen LogP contribution >= 0.6 is 11.3 Å². The molecule has 1 aliphatic rings. The van der Waals surface area contributed by atoms with Gasteiger partial charge in [-0.15, -0.1) is 11.3 Å². The van der Waals surface area contributed by atoms with Crippen molar-refractivity contribution in [1.29, 1.82) is 0 Å². The number of likely N-dealkylation sites (tertiary alicyclic amines) is 1. The second-order valence-corrected chi connectivity index (χ2v) is 9.02. The molecule has 2 heterocycles. The minimum atomic E-state index is -0.0568. The molecule has 1 aromatic heterocycles. The monoisotopic (exact) mass is 436 g/mol. The lowest BCUT2D eigenvalue weighted by Crippen LogP contribution is -2.45. The van der Waals surface area contributed by atoms with Gasteiger partial charge in [-0.05, 0) is 60.4 Å². The van der Waals surface area contributed by atoms with Crippen molar-refractivity contribution < 1.29 is 14.3 Å². The molecular formula is C25H28N2O3S. The third-order valence-electron chi connectivity index (χ3n) is 5.97. The maximum Gasteiger partial charge on any atom is 0.261 e. The van der Waals surface area contributed by atoms with Gasteiger partial charge in [0, 0.05) is 37.0 Å². The molecule has 0 unspecified atom stereocenters. The SMILES string of the molecule is CNC(=O)c1sc2ccccc2c1C[C@@H]1CCCCN1C(=O)c1ccc(COC)cc1. The number of fused-ring (bicyclic) bond motifs is 1. The molecular weight excluding hydrogens is 408 g/mol. The Hall–Kier alpha value is -2.70. The number of nitrogens with one attached hydrogen (secondary N) is 1. The molecule has 0 spiro atoms. The summed E-state index contributed by atoms with van der Waals surface area (Å²) in [6.07, 6.45) is 3.75. The Kier molecular flexibility index (Phi) is 6.68. The molecule has 5 nitrogen and oxygen atoms in total. The van der Waals surface area contributed by atoms with E-state index >= 15 is 0 Å². The predicted molar refractivity (Wildman–Crippen MR) is 125 cm³/mol. The summed E-state index contributed by atoms with van der Waals surface area (Å²) in [4.78, 5) is 28.7. The summed E-state index contributed by atoms with van der Waals surface area (Å²) in [6.45, 7) is 1.29. The Bertz CT molecular complexity index is 1070. The molecule has 4 rings (SSSR count). The second-order valence-electron chi connectivity index (χ2n) is 7.97. The smallest absolute Gasteiger partial charge is 0.261 e. The number of benzene rings is 2. The topological polar surface area (TPSA) is 58.6 Å². The van der Waals surface area contributed by atoms with Crippen LogP contribution in [0.2, 0.25) is 0 Å². The van der Waals surface area contributed by atoms with Gasteiger partial charge < -0.3 is 15.0 Å². The average molecular weight is 437 g/mol. The lowest BCUT2D eigenvalue weighted by molar-refractivity contribution is 0.0614. The number of rotatable bonds is 6. The van der Waals surface area contributed by atoms with E-state index in [1.165, 1.54) is 11.3 Å². The molecule has 0 radical (unpaired) electrons. The first-order chi connectivity index (χ1) is 15.1. The van der Waals surface area contributed by atoms with Gasteiger partial charge in [0.25, 0.3) is 11.8 Å². The van der Waals surface area contributed by atoms with Gasteiger partial charge in [-0.3, -0.25) is 9.59 Å². The Morgan fingerprint density at radius 3 is 2.65 bits per heavy atom. The van der Waals surface area contributed by atoms with Gasteiger partial charge in [-0.25, -0.2) is 0 Å². The zero-order valence-corrected chi connectivity index (χ0v) is 18.8. The molecule has 31 heavy (non-hydrogen) atoms. The first-order valence-electron chi connectivity index (χ1n) is 10.7. The van der Waals surface area contributed by atoms with Gasteiger partial charge in [0.05, 0.1) is 11.5 Å². The Morgan fingerprint density at radius 2 is 1.90 bits per heavy atom. The van der Waals surface area contributed by atoms with Crippen LogP contribution in [0.15, 0.2) is 48.5 Å². The summed E-state index contributed by atoms with van der Waals surface area (Å²) in [6, 6.07) is 15.9. The summed E-state index contributed by atoms with van der Waals surface area (Å²) >= 11 is 1.53. The van der Waals surface area contributed by atoms with E-state index in [4.69, 9.17) is 4.74 Å². The fourth-order valence-electron chi connectivity index (χ4n) is 4.39. The number of carbonyl (C=O) groups excluding carboxylic acids is 2. The molecule has 1 saturated heterocycles. The second kappa shape index (κ2) is 9.62. The molecule has 1 N–H and O–H groups in total. The van der Waals surface area contributed by atoms with E-state index in [-0.39, 0.29) is 17.9 Å². The quantitative estimate of drug-likeness (QED) is 0.612. The largest absolute Gasteiger partial charge is 0.380 e. The van der Waals surface area contributed by atoms with Crippen LogP contribution in [0.5, 0.6) is 0 Å². The zero-order valence-electron chi connectivity index (χ0n) is 18.0. The third-order valence-corrected chi connectivity index (χ3v) is 7.18. The number of thiophene rings is 1. The van der Waals surface area contributed by atoms with E-state index in [9.17, 15) is 9.59 Å². The highest BCUT2D eigenvalue weighted by molar-refractivity contribution is 7.21. The van der Waals surface area contributed by atoms with E-state index < -0.39 is 0 Å². The Morgan fingerprint density at radius 1 is 1.13 bits per heavy atom. The van der Waals surface area contributed by atoms with Crippen molar-refractivity contribution in [2.24, 2.45) is 0 Å². The molecule has 0 bridgehead atoms. The molecule has 6 heteroatoms. The number of hydrogen-bond acceptors (Lipinski definition) is 4. The van der Waals surface area contributed by atoms with Crippen LogP contribution in [-0.4, -0.2) is 43.5 Å². The average Bonchev–Trinajstić information content (AvgIpc) is 3.17. The van der Waals surface area contributed by atoms with Gasteiger partial charge in [0.1, 0.15) is 0 Å². The molecule has 0 saturated carbocycles. The molecule has 162 valence electrons. The van der Waals surface area contributed by atoms with Gasteiger partial charge in [-0.1, -0.05) is 30.3 Å². The number of piperidine rings is 1. The minimum Gasteiger partial charge on any atom is -0.380 e. The number of methoxy groups -OCH3 is 1. The number of hydrogen-bond donors (Lipinski definition) is 1. The highest BCUT2D eigenvalue weighted by Gasteiger charge is 2.30. The number of nitrogens with zero attached hydrogens (tertiary/aromatic N) is 1. The van der Waals surface area contributed by atoms with E-state index in [1.54, 1.807) is 14.2 Å². The number of ether oxygens (including phenoxy) is 1. The summed E-state index contributed by atoms with van der Waals surface area (Å²) < 4.78 is 6.28. The van der Waals surface area contributed by atoms with E-state index in [0.717, 1.165) is 51.9 Å². The maximum atomic E-state index is 13.4. The van der Waals surface area contributed by atoms with Crippen LogP contribution in [0, 0.1) is 0 Å². The highest BCUT2D eigenvalue weighted by Crippen LogP contribution is 2.34. The van der Waals surface area contributed by atoms with Crippen molar-refractivity contribution in [3.63, 3.8) is 0 Å². The third kappa shape index (κ3) is 4.50. The molecule has 2 amide bonds. The fourth-order valence-corrected chi connectivity index (χ4v) is 5.57. The van der Waals surface area contributed by atoms with Gasteiger partial charge in [0.15, 0.2) is 0 Å². The van der Waals surface area contributed by atoms with Crippen LogP contribution in [0.3, 0.4) is 0 Å². The molecule has 1 aliphatic heterocycles. The van der Waals surface area contributed by atoms with Crippen molar-refractivity contribution in [2.45, 2.75) is 38.3 Å². The van der Waals surface area contributed by atoms with E-state index in [0.29, 0.717) is 18.6 Å². The summed E-state index contributed by atoms with van der Waals surface area (Å²) in [5.74, 6) is 0.00770.